The van der Waals surface area contributed by atoms with Gasteiger partial charge in [-0.1, -0.05) is 135 Å². The molecule has 0 amide bonds. The number of hydrogen-bond donors (Lipinski definition) is 0. The van der Waals surface area contributed by atoms with Crippen LogP contribution in [0.2, 0.25) is 13.1 Å². The van der Waals surface area contributed by atoms with Crippen LogP contribution in [-0.4, -0.2) is 33.7 Å². The molecule has 2 rings (SSSR count). The van der Waals surface area contributed by atoms with E-state index in [0.29, 0.717) is 24.3 Å². The number of ether oxygens (including phenoxy) is 2. The van der Waals surface area contributed by atoms with Crippen molar-refractivity contribution in [1.29, 1.82) is 0 Å². The summed E-state index contributed by atoms with van der Waals surface area (Å²) in [5, 5.41) is 0. The molecule has 0 atom stereocenters. The van der Waals surface area contributed by atoms with E-state index >= 15 is 0 Å². The molecule has 51 heavy (non-hydrogen) atoms. The van der Waals surface area contributed by atoms with E-state index in [-0.39, 0.29) is 33.6 Å². The van der Waals surface area contributed by atoms with Gasteiger partial charge in [0.2, 0.25) is 0 Å². The molecule has 0 heterocycles. The van der Waals surface area contributed by atoms with Gasteiger partial charge in [-0.2, -0.15) is 0 Å². The Morgan fingerprint density at radius 1 is 0.490 bits per heavy atom. The topological polar surface area (TPSA) is 71.1 Å². The van der Waals surface area contributed by atoms with Gasteiger partial charge >= 0.3 is 20.5 Å². The normalized spacial score (nSPS) is 12.9. The van der Waals surface area contributed by atoms with E-state index in [9.17, 15) is 9.59 Å². The zero-order valence-electron chi connectivity index (χ0n) is 35.3. The molecule has 2 aromatic carbocycles. The number of carbonyl (C=O) groups is 2. The summed E-state index contributed by atoms with van der Waals surface area (Å²) < 4.78 is 25.8. The van der Waals surface area contributed by atoms with Crippen LogP contribution in [0.5, 0.6) is 11.5 Å². The third-order valence-corrected chi connectivity index (χ3v) is 10.4. The summed E-state index contributed by atoms with van der Waals surface area (Å²) in [6, 6.07) is 7.81. The second-order valence-corrected chi connectivity index (χ2v) is 22.0. The molecule has 0 radical (unpaired) electrons. The van der Waals surface area contributed by atoms with Gasteiger partial charge in [0.05, 0.1) is 24.3 Å². The lowest BCUT2D eigenvalue weighted by atomic mass is 9.78. The lowest BCUT2D eigenvalue weighted by molar-refractivity contribution is 0.0488. The summed E-state index contributed by atoms with van der Waals surface area (Å²) in [6.45, 7) is 35.1. The van der Waals surface area contributed by atoms with Crippen LogP contribution in [0.3, 0.4) is 0 Å². The van der Waals surface area contributed by atoms with Gasteiger partial charge in [-0.3, -0.25) is 0 Å². The quantitative estimate of drug-likeness (QED) is 0.0975. The van der Waals surface area contributed by atoms with E-state index < -0.39 is 8.56 Å². The number of unbranched alkanes of at least 4 members (excludes halogenated alkanes) is 6. The Hall–Kier alpha value is -2.80. The zero-order chi connectivity index (χ0) is 39.0. The standard InChI is InChI=1S/C44H72O6Si/c1-17-19-21-23-25-47-39(45)31-27-33(41(3,4)5)37(34(28-31)42(6,7)8)49-51(15,16)50-38-35(43(9,10)11)29-32(30-36(38)44(12,13)14)40(46)48-26-24-22-20-18-2/h27-30H,17-26H2,1-16H3. The zero-order valence-corrected chi connectivity index (χ0v) is 36.3. The van der Waals surface area contributed by atoms with Crippen LogP contribution in [-0.2, 0) is 31.1 Å². The second kappa shape index (κ2) is 17.8. The summed E-state index contributed by atoms with van der Waals surface area (Å²) in [5.74, 6) is 0.935. The minimum Gasteiger partial charge on any atom is -0.512 e. The Balaban J connectivity index is 2.67. The monoisotopic (exact) mass is 725 g/mol. The fourth-order valence-corrected chi connectivity index (χ4v) is 7.47. The van der Waals surface area contributed by atoms with Crippen molar-refractivity contribution in [3.8, 4) is 11.5 Å². The number of carbonyl (C=O) groups excluding carboxylic acids is 2. The average Bonchev–Trinajstić information content (AvgIpc) is 2.98. The Morgan fingerprint density at radius 2 is 0.765 bits per heavy atom. The third kappa shape index (κ3) is 13.3. The number of hydrogen-bond acceptors (Lipinski definition) is 6. The fourth-order valence-electron chi connectivity index (χ4n) is 6.01. The number of rotatable bonds is 16. The molecule has 0 saturated carbocycles. The highest BCUT2D eigenvalue weighted by Crippen LogP contribution is 2.45. The minimum atomic E-state index is -3.01. The first kappa shape index (κ1) is 44.4. The number of esters is 2. The van der Waals surface area contributed by atoms with Crippen molar-refractivity contribution in [1.82, 2.24) is 0 Å². The van der Waals surface area contributed by atoms with E-state index in [1.807, 2.05) is 24.3 Å². The Morgan fingerprint density at radius 3 is 1.00 bits per heavy atom. The minimum absolute atomic E-state index is 0.300. The molecule has 0 fully saturated rings. The van der Waals surface area contributed by atoms with Crippen molar-refractivity contribution in [3.05, 3.63) is 57.6 Å². The molecule has 2 aromatic rings. The lowest BCUT2D eigenvalue weighted by Gasteiger charge is -2.37. The van der Waals surface area contributed by atoms with E-state index in [0.717, 1.165) is 85.1 Å². The largest absolute Gasteiger partial charge is 0.512 e. The maximum Gasteiger partial charge on any atom is 0.454 e. The van der Waals surface area contributed by atoms with Gasteiger partial charge in [0.1, 0.15) is 11.5 Å². The van der Waals surface area contributed by atoms with Crippen LogP contribution in [0, 0.1) is 0 Å². The molecular weight excluding hydrogens is 653 g/mol. The third-order valence-electron chi connectivity index (χ3n) is 9.04. The van der Waals surface area contributed by atoms with Crippen LogP contribution in [0.15, 0.2) is 24.3 Å². The van der Waals surface area contributed by atoms with Crippen LogP contribution in [0.4, 0.5) is 0 Å². The van der Waals surface area contributed by atoms with Crippen LogP contribution >= 0.6 is 0 Å². The molecule has 7 heteroatoms. The van der Waals surface area contributed by atoms with E-state index in [1.165, 1.54) is 0 Å². The van der Waals surface area contributed by atoms with Crippen LogP contribution in [0.25, 0.3) is 0 Å². The summed E-state index contributed by atoms with van der Waals surface area (Å²) >= 11 is 0. The highest BCUT2D eigenvalue weighted by Gasteiger charge is 2.39. The second-order valence-electron chi connectivity index (χ2n) is 18.8. The summed E-state index contributed by atoms with van der Waals surface area (Å²) in [4.78, 5) is 26.8. The Labute approximate surface area is 313 Å². The van der Waals surface area contributed by atoms with Crippen molar-refractivity contribution >= 4 is 20.5 Å². The highest BCUT2D eigenvalue weighted by atomic mass is 28.4. The van der Waals surface area contributed by atoms with Gasteiger partial charge in [0.25, 0.3) is 0 Å². The highest BCUT2D eigenvalue weighted by molar-refractivity contribution is 6.66. The van der Waals surface area contributed by atoms with Crippen molar-refractivity contribution in [2.75, 3.05) is 13.2 Å². The molecule has 0 bridgehead atoms. The lowest BCUT2D eigenvalue weighted by Crippen LogP contribution is -2.44. The molecular formula is C44H72O6Si. The molecule has 0 aliphatic carbocycles. The van der Waals surface area contributed by atoms with E-state index in [2.05, 4.69) is 110 Å². The average molecular weight is 725 g/mol. The Kier molecular flexibility index (Phi) is 15.5. The van der Waals surface area contributed by atoms with E-state index in [1.54, 1.807) is 0 Å². The van der Waals surface area contributed by atoms with E-state index in [4.69, 9.17) is 18.3 Å². The molecule has 6 nitrogen and oxygen atoms in total. The first-order valence-corrected chi connectivity index (χ1v) is 22.3. The molecule has 0 spiro atoms. The molecule has 0 aromatic heterocycles. The first-order valence-electron chi connectivity index (χ1n) is 19.4. The van der Waals surface area contributed by atoms with Gasteiger partial charge in [0, 0.05) is 13.1 Å². The maximum absolute atomic E-state index is 13.4. The predicted octanol–water partition coefficient (Wildman–Crippen LogP) is 12.5. The number of benzene rings is 2. The Bertz CT molecular complexity index is 1280. The summed E-state index contributed by atoms with van der Waals surface area (Å²) in [7, 11) is -3.01. The summed E-state index contributed by atoms with van der Waals surface area (Å²) in [5.41, 5.74) is 3.55. The molecule has 0 unspecified atom stereocenters. The van der Waals surface area contributed by atoms with Gasteiger partial charge in [-0.25, -0.2) is 9.59 Å². The van der Waals surface area contributed by atoms with Crippen LogP contribution in [0.1, 0.15) is 191 Å². The SMILES string of the molecule is CCCCCCOC(=O)c1cc(C(C)(C)C)c(O[Si](C)(C)Oc2c(C(C)(C)C)cc(C(=O)OCCCCCC)cc2C(C)(C)C)c(C(C)(C)C)c1. The molecule has 0 saturated heterocycles. The van der Waals surface area contributed by atoms with Crippen molar-refractivity contribution < 1.29 is 27.9 Å². The van der Waals surface area contributed by atoms with Crippen molar-refractivity contribution in [2.24, 2.45) is 0 Å². The van der Waals surface area contributed by atoms with Gasteiger partial charge in [-0.15, -0.1) is 0 Å². The van der Waals surface area contributed by atoms with Crippen molar-refractivity contribution in [3.63, 3.8) is 0 Å². The first-order chi connectivity index (χ1) is 23.3. The fraction of sp³-hybridized carbons (Fsp3) is 0.682. The molecule has 0 N–H and O–H groups in total. The van der Waals surface area contributed by atoms with Gasteiger partial charge in [0.15, 0.2) is 0 Å². The maximum atomic E-state index is 13.4. The summed E-state index contributed by atoms with van der Waals surface area (Å²) in [6.07, 6.45) is 8.38. The van der Waals surface area contributed by atoms with Gasteiger partial charge < -0.3 is 18.3 Å². The molecule has 0 aliphatic heterocycles. The molecule has 288 valence electrons. The predicted molar refractivity (Wildman–Crippen MR) is 215 cm³/mol. The smallest absolute Gasteiger partial charge is 0.454 e. The molecule has 0 aliphatic rings. The van der Waals surface area contributed by atoms with Crippen LogP contribution < -0.4 is 8.85 Å². The van der Waals surface area contributed by atoms with Crippen molar-refractivity contribution in [2.45, 2.75) is 183 Å². The van der Waals surface area contributed by atoms with Gasteiger partial charge in [-0.05, 0) is 81.0 Å².